The minimum atomic E-state index is -4.53. The van der Waals surface area contributed by atoms with E-state index in [9.17, 15) is 31.2 Å². The van der Waals surface area contributed by atoms with Crippen molar-refractivity contribution in [3.63, 3.8) is 0 Å². The van der Waals surface area contributed by atoms with Gasteiger partial charge in [0.1, 0.15) is 6.04 Å². The van der Waals surface area contributed by atoms with Crippen molar-refractivity contribution < 1.29 is 31.2 Å². The molecule has 1 heterocycles. The zero-order chi connectivity index (χ0) is 25.2. The van der Waals surface area contributed by atoms with Crippen LogP contribution in [0, 0.1) is 0 Å². The van der Waals surface area contributed by atoms with Crippen molar-refractivity contribution in [3.05, 3.63) is 89.5 Å². The normalized spacial score (nSPS) is 14.5. The molecule has 182 valence electrons. The van der Waals surface area contributed by atoms with Gasteiger partial charge >= 0.3 is 6.18 Å². The van der Waals surface area contributed by atoms with Crippen molar-refractivity contribution in [2.75, 3.05) is 10.6 Å². The van der Waals surface area contributed by atoms with E-state index in [0.717, 1.165) is 24.3 Å². The van der Waals surface area contributed by atoms with E-state index in [1.54, 1.807) is 30.3 Å². The summed E-state index contributed by atoms with van der Waals surface area (Å²) in [5.74, 6) is -0.930. The van der Waals surface area contributed by atoms with E-state index in [4.69, 9.17) is 0 Å². The lowest BCUT2D eigenvalue weighted by Gasteiger charge is -2.21. The van der Waals surface area contributed by atoms with E-state index in [-0.39, 0.29) is 22.9 Å². The fourth-order valence-electron chi connectivity index (χ4n) is 3.63. The van der Waals surface area contributed by atoms with Crippen molar-refractivity contribution in [2.45, 2.75) is 30.0 Å². The molecule has 1 atom stereocenters. The van der Waals surface area contributed by atoms with Crippen molar-refractivity contribution in [2.24, 2.45) is 0 Å². The second-order valence-corrected chi connectivity index (χ2v) is 9.61. The number of anilines is 2. The molecule has 0 saturated heterocycles. The molecular formula is C24H20F3N3O4S. The number of sulfonamides is 1. The largest absolute Gasteiger partial charge is 0.416 e. The molecule has 0 fully saturated rings. The number of aryl methyl sites for hydroxylation is 1. The van der Waals surface area contributed by atoms with Crippen LogP contribution in [0.25, 0.3) is 0 Å². The molecule has 0 bridgehead atoms. The number of hydrogen-bond donors (Lipinski definition) is 3. The molecule has 0 unspecified atom stereocenters. The fraction of sp³-hybridized carbons (Fsp3) is 0.167. The van der Waals surface area contributed by atoms with Gasteiger partial charge in [0.2, 0.25) is 21.8 Å². The summed E-state index contributed by atoms with van der Waals surface area (Å²) >= 11 is 0. The van der Waals surface area contributed by atoms with Crippen LogP contribution in [0.2, 0.25) is 0 Å². The Morgan fingerprint density at radius 3 is 2.29 bits per heavy atom. The summed E-state index contributed by atoms with van der Waals surface area (Å²) in [6, 6.07) is 14.8. The predicted octanol–water partition coefficient (Wildman–Crippen LogP) is 4.25. The zero-order valence-electron chi connectivity index (χ0n) is 18.1. The number of halogens is 3. The standard InChI is InChI=1S/C24H20F3N3O4S/c25-24(26,27)17-7-9-18(10-8-17)28-23(32)22(15-4-2-1-3-5-15)30-35(33,34)19-11-12-20-16(14-19)6-13-21(31)29-20/h1-5,7-12,14,22,30H,6,13H2,(H,28,32)(H,29,31)/t22-/m0/s1. The van der Waals surface area contributed by atoms with Gasteiger partial charge in [-0.3, -0.25) is 9.59 Å². The summed E-state index contributed by atoms with van der Waals surface area (Å²) in [4.78, 5) is 24.5. The first kappa shape index (κ1) is 24.4. The van der Waals surface area contributed by atoms with Gasteiger partial charge < -0.3 is 10.6 Å². The Bertz CT molecular complexity index is 1360. The quantitative estimate of drug-likeness (QED) is 0.468. The smallest absolute Gasteiger partial charge is 0.326 e. The Hall–Kier alpha value is -3.70. The maximum atomic E-state index is 13.2. The van der Waals surface area contributed by atoms with E-state index >= 15 is 0 Å². The molecule has 0 spiro atoms. The van der Waals surface area contributed by atoms with E-state index < -0.39 is 33.7 Å². The van der Waals surface area contributed by atoms with Crippen LogP contribution in [-0.2, 0) is 32.2 Å². The SMILES string of the molecule is O=C1CCc2cc(S(=O)(=O)N[C@H](C(=O)Nc3ccc(C(F)(F)F)cc3)c3ccccc3)ccc2N1. The number of rotatable bonds is 6. The molecule has 3 N–H and O–H groups in total. The van der Waals surface area contributed by atoms with Gasteiger partial charge in [-0.05, 0) is 60.0 Å². The summed E-state index contributed by atoms with van der Waals surface area (Å²) in [5.41, 5.74) is 0.718. The number of fused-ring (bicyclic) bond motifs is 1. The number of alkyl halides is 3. The number of benzene rings is 3. The molecule has 3 aromatic rings. The molecule has 3 aromatic carbocycles. The van der Waals surface area contributed by atoms with Crippen molar-refractivity contribution in [1.29, 1.82) is 0 Å². The molecular weight excluding hydrogens is 483 g/mol. The lowest BCUT2D eigenvalue weighted by molar-refractivity contribution is -0.137. The lowest BCUT2D eigenvalue weighted by atomic mass is 10.0. The fourth-order valence-corrected chi connectivity index (χ4v) is 4.86. The summed E-state index contributed by atoms with van der Waals surface area (Å²) in [7, 11) is -4.19. The highest BCUT2D eigenvalue weighted by Gasteiger charge is 2.31. The van der Waals surface area contributed by atoms with Crippen LogP contribution < -0.4 is 15.4 Å². The summed E-state index contributed by atoms with van der Waals surface area (Å²) < 4.78 is 67.2. The number of hydrogen-bond acceptors (Lipinski definition) is 4. The number of carbonyl (C=O) groups excluding carboxylic acids is 2. The topological polar surface area (TPSA) is 104 Å². The first-order valence-corrected chi connectivity index (χ1v) is 12.0. The first-order chi connectivity index (χ1) is 16.5. The van der Waals surface area contributed by atoms with Crippen LogP contribution in [-0.4, -0.2) is 20.2 Å². The average molecular weight is 504 g/mol. The van der Waals surface area contributed by atoms with Crippen LogP contribution in [0.4, 0.5) is 24.5 Å². The van der Waals surface area contributed by atoms with Gasteiger partial charge in [-0.25, -0.2) is 8.42 Å². The molecule has 1 aliphatic heterocycles. The van der Waals surface area contributed by atoms with Gasteiger partial charge in [0.15, 0.2) is 0 Å². The van der Waals surface area contributed by atoms with Crippen LogP contribution >= 0.6 is 0 Å². The van der Waals surface area contributed by atoms with Crippen LogP contribution in [0.15, 0.2) is 77.7 Å². The van der Waals surface area contributed by atoms with E-state index in [0.29, 0.717) is 23.2 Å². The molecule has 11 heteroatoms. The van der Waals surface area contributed by atoms with Crippen molar-refractivity contribution >= 4 is 33.2 Å². The molecule has 0 radical (unpaired) electrons. The minimum absolute atomic E-state index is 0.0765. The highest BCUT2D eigenvalue weighted by atomic mass is 32.2. The van der Waals surface area contributed by atoms with Gasteiger partial charge in [-0.1, -0.05) is 30.3 Å². The van der Waals surface area contributed by atoms with Crippen molar-refractivity contribution in [1.82, 2.24) is 4.72 Å². The molecule has 0 aromatic heterocycles. The molecule has 0 aliphatic carbocycles. The van der Waals surface area contributed by atoms with Gasteiger partial charge in [0, 0.05) is 17.8 Å². The molecule has 35 heavy (non-hydrogen) atoms. The number of nitrogens with one attached hydrogen (secondary N) is 3. The zero-order valence-corrected chi connectivity index (χ0v) is 18.9. The maximum absolute atomic E-state index is 13.2. The third-order valence-corrected chi connectivity index (χ3v) is 6.85. The first-order valence-electron chi connectivity index (χ1n) is 10.5. The Morgan fingerprint density at radius 2 is 1.63 bits per heavy atom. The monoisotopic (exact) mass is 503 g/mol. The third-order valence-electron chi connectivity index (χ3n) is 5.43. The highest BCUT2D eigenvalue weighted by Crippen LogP contribution is 2.30. The second kappa shape index (κ2) is 9.51. The summed E-state index contributed by atoms with van der Waals surface area (Å²) in [5, 5.41) is 5.14. The van der Waals surface area contributed by atoms with Crippen LogP contribution in [0.1, 0.15) is 29.2 Å². The van der Waals surface area contributed by atoms with Gasteiger partial charge in [-0.2, -0.15) is 17.9 Å². The molecule has 4 rings (SSSR count). The van der Waals surface area contributed by atoms with Crippen molar-refractivity contribution in [3.8, 4) is 0 Å². The van der Waals surface area contributed by atoms with E-state index in [2.05, 4.69) is 15.4 Å². The Kier molecular flexibility index (Phi) is 6.64. The van der Waals surface area contributed by atoms with E-state index in [1.807, 2.05) is 0 Å². The molecule has 1 aliphatic rings. The summed E-state index contributed by atoms with van der Waals surface area (Å²) in [6.07, 6.45) is -3.92. The minimum Gasteiger partial charge on any atom is -0.326 e. The Labute approximate surface area is 199 Å². The predicted molar refractivity (Wildman–Crippen MR) is 123 cm³/mol. The number of carbonyl (C=O) groups is 2. The molecule has 2 amide bonds. The van der Waals surface area contributed by atoms with Gasteiger partial charge in [0.05, 0.1) is 10.5 Å². The van der Waals surface area contributed by atoms with E-state index in [1.165, 1.54) is 18.2 Å². The van der Waals surface area contributed by atoms with Crippen LogP contribution in [0.3, 0.4) is 0 Å². The maximum Gasteiger partial charge on any atom is 0.416 e. The second-order valence-electron chi connectivity index (χ2n) is 7.90. The third kappa shape index (κ3) is 5.69. The molecule has 7 nitrogen and oxygen atoms in total. The van der Waals surface area contributed by atoms with Gasteiger partial charge in [-0.15, -0.1) is 0 Å². The van der Waals surface area contributed by atoms with Crippen LogP contribution in [0.5, 0.6) is 0 Å². The lowest BCUT2D eigenvalue weighted by Crippen LogP contribution is -2.37. The number of amides is 2. The Balaban J connectivity index is 1.60. The summed E-state index contributed by atoms with van der Waals surface area (Å²) in [6.45, 7) is 0. The molecule has 0 saturated carbocycles. The average Bonchev–Trinajstić information content (AvgIpc) is 2.82. The highest BCUT2D eigenvalue weighted by molar-refractivity contribution is 7.89. The Morgan fingerprint density at radius 1 is 0.943 bits per heavy atom. The van der Waals surface area contributed by atoms with Gasteiger partial charge in [0.25, 0.3) is 0 Å².